The van der Waals surface area contributed by atoms with Gasteiger partial charge >= 0.3 is 0 Å². The van der Waals surface area contributed by atoms with Crippen LogP contribution in [0.5, 0.6) is 0 Å². The molecule has 1 aliphatic rings. The Morgan fingerprint density at radius 3 is 2.62 bits per heavy atom. The molecule has 1 fully saturated rings. The van der Waals surface area contributed by atoms with Crippen LogP contribution in [0.25, 0.3) is 23.1 Å². The Bertz CT molecular complexity index is 973. The number of benzene rings is 1. The van der Waals surface area contributed by atoms with Crippen LogP contribution in [0.4, 0.5) is 5.82 Å². The summed E-state index contributed by atoms with van der Waals surface area (Å²) in [5.74, 6) is 2.22. The zero-order chi connectivity index (χ0) is 20.1. The van der Waals surface area contributed by atoms with Crippen molar-refractivity contribution in [1.29, 1.82) is 0 Å². The van der Waals surface area contributed by atoms with Gasteiger partial charge in [0.05, 0.1) is 5.52 Å². The highest BCUT2D eigenvalue weighted by Crippen LogP contribution is 2.32. The molecule has 150 valence electrons. The summed E-state index contributed by atoms with van der Waals surface area (Å²) in [6.07, 6.45) is 11.0. The second-order valence-electron chi connectivity index (χ2n) is 7.36. The van der Waals surface area contributed by atoms with Crippen molar-refractivity contribution in [2.24, 2.45) is 5.92 Å². The molecule has 0 bridgehead atoms. The van der Waals surface area contributed by atoms with Gasteiger partial charge in [0.15, 0.2) is 14.2 Å². The third-order valence-corrected chi connectivity index (χ3v) is 6.02. The van der Waals surface area contributed by atoms with Crippen LogP contribution in [-0.4, -0.2) is 44.0 Å². The highest BCUT2D eigenvalue weighted by Gasteiger charge is 2.22. The van der Waals surface area contributed by atoms with E-state index in [-0.39, 0.29) is 0 Å². The number of rotatable bonds is 6. The molecule has 0 atom stereocenters. The maximum absolute atomic E-state index is 9.18. The van der Waals surface area contributed by atoms with Gasteiger partial charge in [0, 0.05) is 37.0 Å². The van der Waals surface area contributed by atoms with Crippen molar-refractivity contribution in [1.82, 2.24) is 15.0 Å². The molecule has 0 unspecified atom stereocenters. The lowest BCUT2D eigenvalue weighted by Gasteiger charge is -2.33. The van der Waals surface area contributed by atoms with E-state index in [9.17, 15) is 9.79 Å². The lowest BCUT2D eigenvalue weighted by Crippen LogP contribution is -2.34. The Balaban J connectivity index is 1.56. The van der Waals surface area contributed by atoms with Gasteiger partial charge in [-0.2, -0.15) is 0 Å². The molecule has 0 aliphatic carbocycles. The maximum atomic E-state index is 9.18. The van der Waals surface area contributed by atoms with Gasteiger partial charge in [0.25, 0.3) is 0 Å². The van der Waals surface area contributed by atoms with Crippen molar-refractivity contribution in [3.8, 4) is 0 Å². The zero-order valence-corrected chi connectivity index (χ0v) is 17.1. The Kier molecular flexibility index (Phi) is 6.45. The van der Waals surface area contributed by atoms with Gasteiger partial charge in [-0.05, 0) is 61.1 Å². The van der Waals surface area contributed by atoms with E-state index in [0.717, 1.165) is 54.6 Å². The van der Waals surface area contributed by atoms with E-state index < -0.39 is 8.38 Å². The molecule has 1 aromatic carbocycles. The summed E-state index contributed by atoms with van der Waals surface area (Å²) >= 11 is 0. The second kappa shape index (κ2) is 9.40. The molecule has 0 spiro atoms. The van der Waals surface area contributed by atoms with Gasteiger partial charge in [-0.25, -0.2) is 9.97 Å². The monoisotopic (exact) mass is 408 g/mol. The first-order valence-electron chi connectivity index (χ1n) is 9.94. The molecule has 0 saturated carbocycles. The maximum Gasteiger partial charge on any atom is 0.164 e. The van der Waals surface area contributed by atoms with E-state index in [2.05, 4.69) is 16.0 Å². The van der Waals surface area contributed by atoms with E-state index in [1.54, 1.807) is 6.20 Å². The van der Waals surface area contributed by atoms with Crippen molar-refractivity contribution in [3.05, 3.63) is 60.2 Å². The minimum Gasteiger partial charge on any atom is -0.356 e. The van der Waals surface area contributed by atoms with Crippen molar-refractivity contribution in [2.75, 3.05) is 24.2 Å². The molecule has 3 heterocycles. The predicted molar refractivity (Wildman–Crippen MR) is 118 cm³/mol. The summed E-state index contributed by atoms with van der Waals surface area (Å²) in [6.45, 7) is 1.85. The molecule has 2 N–H and O–H groups in total. The average Bonchev–Trinajstić information content (AvgIpc) is 2.77. The molecule has 1 aliphatic heterocycles. The summed E-state index contributed by atoms with van der Waals surface area (Å²) in [4.78, 5) is 34.4. The Morgan fingerprint density at radius 1 is 1.03 bits per heavy atom. The van der Waals surface area contributed by atoms with Crippen molar-refractivity contribution >= 4 is 37.2 Å². The first-order chi connectivity index (χ1) is 14.2. The number of hydrogen-bond acceptors (Lipinski definition) is 6. The summed E-state index contributed by atoms with van der Waals surface area (Å²) in [5, 5.41) is 1.07. The molecule has 0 radical (unpaired) electrons. The summed E-state index contributed by atoms with van der Waals surface area (Å²) in [5.41, 5.74) is 1.95. The molecule has 6 nitrogen and oxygen atoms in total. The van der Waals surface area contributed by atoms with Crippen molar-refractivity contribution in [3.63, 3.8) is 0 Å². The molecule has 0 amide bonds. The first-order valence-corrected chi connectivity index (χ1v) is 11.4. The lowest BCUT2D eigenvalue weighted by atomic mass is 9.94. The van der Waals surface area contributed by atoms with Gasteiger partial charge in [0.2, 0.25) is 0 Å². The third-order valence-electron chi connectivity index (χ3n) is 5.36. The summed E-state index contributed by atoms with van der Waals surface area (Å²) < 4.78 is 0. The van der Waals surface area contributed by atoms with Crippen LogP contribution in [0.2, 0.25) is 0 Å². The molecule has 4 rings (SSSR count). The van der Waals surface area contributed by atoms with Gasteiger partial charge in [0.1, 0.15) is 5.82 Å². The first kappa shape index (κ1) is 19.9. The largest absolute Gasteiger partial charge is 0.356 e. The molecular weight excluding hydrogens is 383 g/mol. The standard InChI is InChI=1S/C22H25N4O2P/c27-29(28)15-11-17-9-13-26(14-10-17)22-19-5-1-2-6-20(19)24-21(25-22)8-7-18-4-3-12-23-16-18/h1-8,12,16-17,27-28H,9-11,13-15H2/b8-7+. The van der Waals surface area contributed by atoms with Gasteiger partial charge in [-0.3, -0.25) is 4.98 Å². The van der Waals surface area contributed by atoms with E-state index in [4.69, 9.17) is 9.97 Å². The summed E-state index contributed by atoms with van der Waals surface area (Å²) in [6, 6.07) is 12.0. The van der Waals surface area contributed by atoms with Crippen LogP contribution < -0.4 is 4.90 Å². The smallest absolute Gasteiger partial charge is 0.164 e. The molecule has 29 heavy (non-hydrogen) atoms. The molecule has 2 aromatic heterocycles. The minimum atomic E-state index is -1.78. The Hall–Kier alpha value is -2.40. The van der Waals surface area contributed by atoms with Gasteiger partial charge < -0.3 is 14.7 Å². The predicted octanol–water partition coefficient (Wildman–Crippen LogP) is 4.10. The number of fused-ring (bicyclic) bond motifs is 1. The van der Waals surface area contributed by atoms with E-state index >= 15 is 0 Å². The average molecular weight is 408 g/mol. The normalized spacial score (nSPS) is 15.6. The second-order valence-corrected chi connectivity index (χ2v) is 8.55. The fourth-order valence-electron chi connectivity index (χ4n) is 3.77. The fraction of sp³-hybridized carbons (Fsp3) is 0.318. The third kappa shape index (κ3) is 5.15. The van der Waals surface area contributed by atoms with Gasteiger partial charge in [-0.1, -0.05) is 18.2 Å². The quantitative estimate of drug-likeness (QED) is 0.598. The lowest BCUT2D eigenvalue weighted by molar-refractivity contribution is 0.386. The zero-order valence-electron chi connectivity index (χ0n) is 16.2. The van der Waals surface area contributed by atoms with Gasteiger partial charge in [-0.15, -0.1) is 0 Å². The van der Waals surface area contributed by atoms with Crippen LogP contribution in [-0.2, 0) is 0 Å². The number of hydrogen-bond donors (Lipinski definition) is 2. The molecular formula is C22H25N4O2P. The topological polar surface area (TPSA) is 82.4 Å². The fourth-order valence-corrected chi connectivity index (χ4v) is 4.37. The highest BCUT2D eigenvalue weighted by molar-refractivity contribution is 7.45. The van der Waals surface area contributed by atoms with Crippen molar-refractivity contribution in [2.45, 2.75) is 19.3 Å². The number of piperidine rings is 1. The number of nitrogens with zero attached hydrogens (tertiary/aromatic N) is 4. The van der Waals surface area contributed by atoms with Crippen LogP contribution in [0.1, 0.15) is 30.7 Å². The number of para-hydroxylation sites is 1. The minimum absolute atomic E-state index is 0.514. The molecule has 1 saturated heterocycles. The van der Waals surface area contributed by atoms with Crippen LogP contribution in [0.3, 0.4) is 0 Å². The Labute approximate surface area is 171 Å². The number of pyridine rings is 1. The van der Waals surface area contributed by atoms with E-state index in [1.807, 2.05) is 48.7 Å². The molecule has 7 heteroatoms. The highest BCUT2D eigenvalue weighted by atomic mass is 31.2. The molecule has 3 aromatic rings. The number of anilines is 1. The van der Waals surface area contributed by atoms with Crippen LogP contribution >= 0.6 is 8.38 Å². The number of aromatic nitrogens is 3. The van der Waals surface area contributed by atoms with Crippen molar-refractivity contribution < 1.29 is 9.79 Å². The Morgan fingerprint density at radius 2 is 1.86 bits per heavy atom. The van der Waals surface area contributed by atoms with Crippen LogP contribution in [0, 0.1) is 5.92 Å². The SMILES string of the molecule is OP(O)CCC1CCN(c2nc(/C=C/c3cccnc3)nc3ccccc23)CC1. The van der Waals surface area contributed by atoms with Crippen LogP contribution in [0.15, 0.2) is 48.8 Å². The van der Waals surface area contributed by atoms with E-state index in [1.165, 1.54) is 0 Å². The summed E-state index contributed by atoms with van der Waals surface area (Å²) in [7, 11) is -1.78. The van der Waals surface area contributed by atoms with E-state index in [0.29, 0.717) is 17.9 Å².